The van der Waals surface area contributed by atoms with Crippen LogP contribution in [0.25, 0.3) is 11.0 Å². The predicted molar refractivity (Wildman–Crippen MR) is 124 cm³/mol. The summed E-state index contributed by atoms with van der Waals surface area (Å²) in [4.78, 5) is 4.91. The first-order valence-electron chi connectivity index (χ1n) is 10.5. The molecule has 3 aromatic carbocycles. The van der Waals surface area contributed by atoms with Crippen LogP contribution in [0.15, 0.2) is 87.0 Å². The summed E-state index contributed by atoms with van der Waals surface area (Å²) in [6.07, 6.45) is 1.13. The molecule has 3 nitrogen and oxygen atoms in total. The average molecular weight is 416 g/mol. The molecule has 0 amide bonds. The van der Waals surface area contributed by atoms with Gasteiger partial charge in [0.15, 0.2) is 0 Å². The molecule has 1 aromatic heterocycles. The average Bonchev–Trinajstić information content (AvgIpc) is 3.15. The molecule has 0 spiro atoms. The lowest BCUT2D eigenvalue weighted by Crippen LogP contribution is -2.19. The molecule has 0 radical (unpaired) electrons. The first kappa shape index (κ1) is 19.3. The van der Waals surface area contributed by atoms with Crippen LogP contribution in [0, 0.1) is 0 Å². The summed E-state index contributed by atoms with van der Waals surface area (Å²) in [5.74, 6) is 0.969. The minimum Gasteiger partial charge on any atom is -0.459 e. The third-order valence-corrected chi connectivity index (χ3v) is 6.58. The number of benzene rings is 3. The van der Waals surface area contributed by atoms with Gasteiger partial charge in [0.1, 0.15) is 11.3 Å². The zero-order valence-electron chi connectivity index (χ0n) is 17.3. The van der Waals surface area contributed by atoms with E-state index in [1.54, 1.807) is 0 Å². The Hall–Kier alpha value is -2.69. The topological polar surface area (TPSA) is 25.6 Å². The summed E-state index contributed by atoms with van der Waals surface area (Å²) in [5, 5.41) is 1.15. The van der Waals surface area contributed by atoms with E-state index in [1.807, 2.05) is 18.7 Å². The van der Waals surface area contributed by atoms with Crippen LogP contribution in [0.4, 0.5) is 11.4 Å². The third-order valence-electron chi connectivity index (χ3n) is 5.45. The number of hydrogen-bond donors (Lipinski definition) is 0. The maximum absolute atomic E-state index is 6.23. The van der Waals surface area contributed by atoms with Crippen molar-refractivity contribution in [2.75, 3.05) is 11.5 Å². The molecule has 2 heterocycles. The van der Waals surface area contributed by atoms with Crippen LogP contribution in [0.2, 0.25) is 0 Å². The molecular formula is C26H25NO2S. The van der Waals surface area contributed by atoms with Crippen LogP contribution < -0.4 is 4.90 Å². The van der Waals surface area contributed by atoms with Gasteiger partial charge in [0.2, 0.25) is 0 Å². The Morgan fingerprint density at radius 3 is 2.33 bits per heavy atom. The van der Waals surface area contributed by atoms with Crippen LogP contribution in [0.3, 0.4) is 0 Å². The Kier molecular flexibility index (Phi) is 5.28. The first-order valence-corrected chi connectivity index (χ1v) is 11.3. The van der Waals surface area contributed by atoms with Gasteiger partial charge in [-0.2, -0.15) is 0 Å². The van der Waals surface area contributed by atoms with E-state index in [0.717, 1.165) is 29.8 Å². The van der Waals surface area contributed by atoms with E-state index < -0.39 is 0 Å². The molecule has 152 valence electrons. The molecule has 1 atom stereocenters. The van der Waals surface area contributed by atoms with Crippen molar-refractivity contribution in [2.45, 2.75) is 42.7 Å². The molecule has 30 heavy (non-hydrogen) atoms. The minimum absolute atomic E-state index is 0.220. The van der Waals surface area contributed by atoms with E-state index in [-0.39, 0.29) is 6.10 Å². The number of para-hydroxylation sites is 2. The number of nitrogens with zero attached hydrogens (tertiary/aromatic N) is 1. The highest BCUT2D eigenvalue weighted by Crippen LogP contribution is 2.48. The summed E-state index contributed by atoms with van der Waals surface area (Å²) in [6, 6.07) is 25.8. The molecule has 1 unspecified atom stereocenters. The van der Waals surface area contributed by atoms with Gasteiger partial charge in [-0.05, 0) is 68.3 Å². The van der Waals surface area contributed by atoms with Gasteiger partial charge in [-0.1, -0.05) is 42.1 Å². The Labute approximate surface area is 181 Å². The molecule has 0 saturated carbocycles. The monoisotopic (exact) mass is 415 g/mol. The number of fused-ring (bicyclic) bond motifs is 3. The second-order valence-corrected chi connectivity index (χ2v) is 8.76. The van der Waals surface area contributed by atoms with E-state index in [2.05, 4.69) is 84.6 Å². The second kappa shape index (κ2) is 8.21. The molecule has 0 aliphatic carbocycles. The van der Waals surface area contributed by atoms with Crippen LogP contribution in [0.5, 0.6) is 0 Å². The quantitative estimate of drug-likeness (QED) is 0.332. The highest BCUT2D eigenvalue weighted by atomic mass is 32.2. The number of furan rings is 1. The Morgan fingerprint density at radius 2 is 1.63 bits per heavy atom. The maximum atomic E-state index is 6.23. The van der Waals surface area contributed by atoms with Crippen molar-refractivity contribution in [3.63, 3.8) is 0 Å². The fourth-order valence-corrected chi connectivity index (χ4v) is 5.23. The summed E-state index contributed by atoms with van der Waals surface area (Å²) < 4.78 is 11.9. The second-order valence-electron chi connectivity index (χ2n) is 7.68. The van der Waals surface area contributed by atoms with Crippen molar-refractivity contribution in [3.05, 3.63) is 84.1 Å². The minimum atomic E-state index is 0.220. The fourth-order valence-electron chi connectivity index (χ4n) is 4.14. The number of anilines is 2. The van der Waals surface area contributed by atoms with E-state index in [9.17, 15) is 0 Å². The zero-order chi connectivity index (χ0) is 20.5. The van der Waals surface area contributed by atoms with Crippen LogP contribution in [-0.4, -0.2) is 12.7 Å². The van der Waals surface area contributed by atoms with Crippen LogP contribution in [-0.2, 0) is 17.7 Å². The molecule has 0 fully saturated rings. The van der Waals surface area contributed by atoms with Gasteiger partial charge in [0.25, 0.3) is 0 Å². The molecule has 4 heteroatoms. The van der Waals surface area contributed by atoms with E-state index in [4.69, 9.17) is 9.15 Å². The summed E-state index contributed by atoms with van der Waals surface area (Å²) in [5.41, 5.74) is 4.67. The number of hydrogen-bond acceptors (Lipinski definition) is 4. The standard InChI is InChI=1S/C26H25NO2S/c1-3-28-18(2)14-19-12-13-24-20(15-19)16-21(29-24)17-27-22-8-4-6-10-25(22)30-26-11-7-5-9-23(26)27/h4-13,15-16,18H,3,14,17H2,1-2H3. The predicted octanol–water partition coefficient (Wildman–Crippen LogP) is 7.20. The van der Waals surface area contributed by atoms with Crippen molar-refractivity contribution in [2.24, 2.45) is 0 Å². The van der Waals surface area contributed by atoms with Gasteiger partial charge < -0.3 is 14.1 Å². The van der Waals surface area contributed by atoms with Gasteiger partial charge in [-0.15, -0.1) is 0 Å². The van der Waals surface area contributed by atoms with Crippen molar-refractivity contribution in [1.82, 2.24) is 0 Å². The molecule has 1 aliphatic rings. The molecular weight excluding hydrogens is 390 g/mol. The largest absolute Gasteiger partial charge is 0.459 e. The lowest BCUT2D eigenvalue weighted by atomic mass is 10.1. The maximum Gasteiger partial charge on any atom is 0.134 e. The normalized spacial score (nSPS) is 13.9. The third kappa shape index (κ3) is 3.73. The highest BCUT2D eigenvalue weighted by molar-refractivity contribution is 7.99. The highest BCUT2D eigenvalue weighted by Gasteiger charge is 2.24. The number of rotatable bonds is 6. The van der Waals surface area contributed by atoms with E-state index in [1.165, 1.54) is 26.7 Å². The molecule has 5 rings (SSSR count). The van der Waals surface area contributed by atoms with Crippen molar-refractivity contribution >= 4 is 34.1 Å². The smallest absolute Gasteiger partial charge is 0.134 e. The Bertz CT molecular complexity index is 1140. The molecule has 4 aromatic rings. The zero-order valence-corrected chi connectivity index (χ0v) is 18.1. The Balaban J connectivity index is 1.46. The summed E-state index contributed by atoms with van der Waals surface area (Å²) in [7, 11) is 0. The van der Waals surface area contributed by atoms with Gasteiger partial charge in [-0.25, -0.2) is 0 Å². The fraction of sp³-hybridized carbons (Fsp3) is 0.231. The van der Waals surface area contributed by atoms with Gasteiger partial charge in [0, 0.05) is 21.8 Å². The van der Waals surface area contributed by atoms with Gasteiger partial charge >= 0.3 is 0 Å². The van der Waals surface area contributed by atoms with Crippen molar-refractivity contribution < 1.29 is 9.15 Å². The van der Waals surface area contributed by atoms with Gasteiger partial charge in [0.05, 0.1) is 24.0 Å². The molecule has 0 N–H and O–H groups in total. The molecule has 1 aliphatic heterocycles. The SMILES string of the molecule is CCOC(C)Cc1ccc2oc(CN3c4ccccc4Sc4ccccc43)cc2c1. The van der Waals surface area contributed by atoms with E-state index in [0.29, 0.717) is 6.54 Å². The Morgan fingerprint density at radius 1 is 0.933 bits per heavy atom. The van der Waals surface area contributed by atoms with Crippen LogP contribution >= 0.6 is 11.8 Å². The molecule has 0 saturated heterocycles. The van der Waals surface area contributed by atoms with E-state index >= 15 is 0 Å². The lowest BCUT2D eigenvalue weighted by molar-refractivity contribution is 0.0768. The summed E-state index contributed by atoms with van der Waals surface area (Å²) >= 11 is 1.83. The van der Waals surface area contributed by atoms with Crippen molar-refractivity contribution in [1.29, 1.82) is 0 Å². The summed E-state index contributed by atoms with van der Waals surface area (Å²) in [6.45, 7) is 5.61. The lowest BCUT2D eigenvalue weighted by Gasteiger charge is -2.32. The van der Waals surface area contributed by atoms with Crippen molar-refractivity contribution in [3.8, 4) is 0 Å². The first-order chi connectivity index (χ1) is 14.7. The molecule has 0 bridgehead atoms. The number of ether oxygens (including phenoxy) is 1. The van der Waals surface area contributed by atoms with Crippen LogP contribution in [0.1, 0.15) is 25.2 Å². The van der Waals surface area contributed by atoms with Gasteiger partial charge in [-0.3, -0.25) is 0 Å².